The molecule has 1 aliphatic heterocycles. The first-order chi connectivity index (χ1) is 13.8. The topological polar surface area (TPSA) is 80.5 Å². The lowest BCUT2D eigenvalue weighted by Crippen LogP contribution is -2.43. The van der Waals surface area contributed by atoms with Crippen LogP contribution in [0.15, 0.2) is 65.9 Å². The quantitative estimate of drug-likeness (QED) is 0.559. The van der Waals surface area contributed by atoms with Gasteiger partial charge in [-0.2, -0.15) is 0 Å². The van der Waals surface area contributed by atoms with Crippen LogP contribution in [-0.4, -0.2) is 16.6 Å². The summed E-state index contributed by atoms with van der Waals surface area (Å²) in [6.45, 7) is 4.02. The van der Waals surface area contributed by atoms with Gasteiger partial charge in [0.1, 0.15) is 0 Å². The van der Waals surface area contributed by atoms with Gasteiger partial charge in [0.25, 0.3) is 5.69 Å². The van der Waals surface area contributed by atoms with Gasteiger partial charge >= 0.3 is 0 Å². The van der Waals surface area contributed by atoms with Crippen molar-refractivity contribution in [2.75, 3.05) is 4.90 Å². The Kier molecular flexibility index (Phi) is 4.57. The molecule has 4 rings (SSSR count). The molecule has 0 aromatic heterocycles. The van der Waals surface area contributed by atoms with Gasteiger partial charge in [0.2, 0.25) is 5.91 Å². The molecule has 6 nitrogen and oxygen atoms in total. The summed E-state index contributed by atoms with van der Waals surface area (Å²) in [5.41, 5.74) is 2.37. The number of allylic oxidation sites excluding steroid dienone is 2. The minimum atomic E-state index is -0.476. The van der Waals surface area contributed by atoms with Gasteiger partial charge in [0.05, 0.1) is 10.6 Å². The van der Waals surface area contributed by atoms with Gasteiger partial charge in [0.15, 0.2) is 5.78 Å². The van der Waals surface area contributed by atoms with E-state index in [4.69, 9.17) is 0 Å². The first-order valence-electron chi connectivity index (χ1n) is 9.65. The maximum Gasteiger partial charge on any atom is 0.271 e. The molecule has 0 N–H and O–H groups in total. The average Bonchev–Trinajstić information content (AvgIpc) is 2.67. The Bertz CT molecular complexity index is 1040. The average molecular weight is 390 g/mol. The predicted molar refractivity (Wildman–Crippen MR) is 109 cm³/mol. The van der Waals surface area contributed by atoms with E-state index < -0.39 is 4.92 Å². The van der Waals surface area contributed by atoms with E-state index in [1.807, 2.05) is 44.2 Å². The van der Waals surface area contributed by atoms with Gasteiger partial charge < -0.3 is 0 Å². The summed E-state index contributed by atoms with van der Waals surface area (Å²) in [7, 11) is 0. The SMILES string of the molecule is CC1(C)CC(=O)C2=C(C1)N(c1cccc([N+](=O)[O-])c1)C(=O)CC2c1ccccc1. The van der Waals surface area contributed by atoms with Crippen molar-refractivity contribution in [3.8, 4) is 0 Å². The molecule has 0 saturated heterocycles. The maximum absolute atomic E-state index is 13.2. The van der Waals surface area contributed by atoms with Crippen LogP contribution in [0.1, 0.15) is 44.6 Å². The van der Waals surface area contributed by atoms with Crippen LogP contribution in [0.3, 0.4) is 0 Å². The Morgan fingerprint density at radius 2 is 1.76 bits per heavy atom. The zero-order chi connectivity index (χ0) is 20.8. The summed E-state index contributed by atoms with van der Waals surface area (Å²) in [6, 6.07) is 15.7. The van der Waals surface area contributed by atoms with Gasteiger partial charge in [-0.1, -0.05) is 50.2 Å². The molecule has 6 heteroatoms. The second kappa shape index (κ2) is 6.95. The minimum Gasteiger partial charge on any atom is -0.294 e. The fourth-order valence-corrected chi connectivity index (χ4v) is 4.43. The number of ketones is 1. The van der Waals surface area contributed by atoms with Gasteiger partial charge in [0, 0.05) is 42.2 Å². The standard InChI is InChI=1S/C23H22N2O4/c1-23(2)13-19-22(20(26)14-23)18(15-7-4-3-5-8-15)12-21(27)24(19)16-9-6-10-17(11-16)25(28)29/h3-11,18H,12-14H2,1-2H3. The third kappa shape index (κ3) is 3.46. The smallest absolute Gasteiger partial charge is 0.271 e. The summed E-state index contributed by atoms with van der Waals surface area (Å²) >= 11 is 0. The fraction of sp³-hybridized carbons (Fsp3) is 0.304. The Morgan fingerprint density at radius 1 is 1.03 bits per heavy atom. The molecule has 0 fully saturated rings. The molecule has 29 heavy (non-hydrogen) atoms. The Labute approximate surface area is 169 Å². The summed E-state index contributed by atoms with van der Waals surface area (Å²) < 4.78 is 0. The van der Waals surface area contributed by atoms with Gasteiger partial charge in [-0.05, 0) is 23.5 Å². The monoisotopic (exact) mass is 390 g/mol. The molecule has 0 bridgehead atoms. The number of nitro groups is 1. The van der Waals surface area contributed by atoms with Crippen LogP contribution in [0.4, 0.5) is 11.4 Å². The highest BCUT2D eigenvalue weighted by Gasteiger charge is 2.44. The summed E-state index contributed by atoms with van der Waals surface area (Å²) in [6.07, 6.45) is 1.15. The van der Waals surface area contributed by atoms with Crippen LogP contribution in [-0.2, 0) is 9.59 Å². The highest BCUT2D eigenvalue weighted by atomic mass is 16.6. The highest BCUT2D eigenvalue weighted by molar-refractivity contribution is 6.07. The molecule has 2 aromatic rings. The predicted octanol–water partition coefficient (Wildman–Crippen LogP) is 4.76. The largest absolute Gasteiger partial charge is 0.294 e. The number of amides is 1. The molecule has 2 aromatic carbocycles. The normalized spacial score (nSPS) is 21.2. The number of nitrogens with zero attached hydrogens (tertiary/aromatic N) is 2. The zero-order valence-corrected chi connectivity index (χ0v) is 16.4. The summed E-state index contributed by atoms with van der Waals surface area (Å²) in [4.78, 5) is 38.7. The van der Waals surface area contributed by atoms with Crippen molar-refractivity contribution >= 4 is 23.1 Å². The number of anilines is 1. The molecule has 1 atom stereocenters. The molecule has 1 aliphatic carbocycles. The van der Waals surface area contributed by atoms with Crippen LogP contribution < -0.4 is 4.90 Å². The number of carbonyl (C=O) groups excluding carboxylic acids is 2. The molecule has 0 radical (unpaired) electrons. The lowest BCUT2D eigenvalue weighted by Gasteiger charge is -2.42. The molecular formula is C23H22N2O4. The first kappa shape index (κ1) is 19.1. The summed E-state index contributed by atoms with van der Waals surface area (Å²) in [5, 5.41) is 11.2. The highest BCUT2D eigenvalue weighted by Crippen LogP contribution is 2.48. The molecule has 1 unspecified atom stereocenters. The second-order valence-electron chi connectivity index (χ2n) is 8.47. The Morgan fingerprint density at radius 3 is 2.45 bits per heavy atom. The van der Waals surface area contributed by atoms with Crippen LogP contribution in [0.2, 0.25) is 0 Å². The lowest BCUT2D eigenvalue weighted by atomic mass is 9.69. The van der Waals surface area contributed by atoms with Crippen molar-refractivity contribution in [2.24, 2.45) is 5.41 Å². The Hall–Kier alpha value is -3.28. The van der Waals surface area contributed by atoms with Crippen LogP contribution in [0, 0.1) is 15.5 Å². The molecule has 0 spiro atoms. The molecule has 2 aliphatic rings. The summed E-state index contributed by atoms with van der Waals surface area (Å²) in [5.74, 6) is -0.381. The number of nitro benzene ring substituents is 1. The number of benzene rings is 2. The maximum atomic E-state index is 13.2. The number of non-ortho nitro benzene ring substituents is 1. The number of rotatable bonds is 3. The second-order valence-corrected chi connectivity index (χ2v) is 8.47. The van der Waals surface area contributed by atoms with Crippen LogP contribution in [0.5, 0.6) is 0 Å². The number of hydrogen-bond donors (Lipinski definition) is 0. The third-order valence-corrected chi connectivity index (χ3v) is 5.64. The van der Waals surface area contributed by atoms with E-state index in [-0.39, 0.29) is 35.1 Å². The van der Waals surface area contributed by atoms with Crippen molar-refractivity contribution in [1.29, 1.82) is 0 Å². The van der Waals surface area contributed by atoms with Gasteiger partial charge in [-0.3, -0.25) is 24.6 Å². The van der Waals surface area contributed by atoms with E-state index >= 15 is 0 Å². The van der Waals surface area contributed by atoms with E-state index in [0.29, 0.717) is 29.8 Å². The first-order valence-corrected chi connectivity index (χ1v) is 9.65. The number of hydrogen-bond acceptors (Lipinski definition) is 4. The zero-order valence-electron chi connectivity index (χ0n) is 16.4. The van der Waals surface area contributed by atoms with E-state index in [2.05, 4.69) is 0 Å². The van der Waals surface area contributed by atoms with Crippen LogP contribution in [0.25, 0.3) is 0 Å². The van der Waals surface area contributed by atoms with Crippen LogP contribution >= 0.6 is 0 Å². The fourth-order valence-electron chi connectivity index (χ4n) is 4.43. The van der Waals surface area contributed by atoms with E-state index in [0.717, 1.165) is 5.56 Å². The molecule has 1 amide bonds. The van der Waals surface area contributed by atoms with Crippen molar-refractivity contribution in [1.82, 2.24) is 0 Å². The van der Waals surface area contributed by atoms with Crippen molar-refractivity contribution < 1.29 is 14.5 Å². The van der Waals surface area contributed by atoms with Crippen molar-refractivity contribution in [3.05, 3.63) is 81.5 Å². The van der Waals surface area contributed by atoms with E-state index in [1.54, 1.807) is 12.1 Å². The third-order valence-electron chi connectivity index (χ3n) is 5.64. The lowest BCUT2D eigenvalue weighted by molar-refractivity contribution is -0.384. The van der Waals surface area contributed by atoms with Crippen molar-refractivity contribution in [2.45, 2.75) is 39.0 Å². The van der Waals surface area contributed by atoms with Crippen molar-refractivity contribution in [3.63, 3.8) is 0 Å². The molecule has 0 saturated carbocycles. The van der Waals surface area contributed by atoms with E-state index in [1.165, 1.54) is 17.0 Å². The van der Waals surface area contributed by atoms with E-state index in [9.17, 15) is 19.7 Å². The molecule has 148 valence electrons. The Balaban J connectivity index is 1.90. The minimum absolute atomic E-state index is 0.0491. The number of Topliss-reactive ketones (excluding diaryl/α,β-unsaturated/α-hetero) is 1. The van der Waals surface area contributed by atoms with Gasteiger partial charge in [-0.15, -0.1) is 0 Å². The van der Waals surface area contributed by atoms with Gasteiger partial charge in [-0.25, -0.2) is 0 Å². The molecule has 1 heterocycles. The molecular weight excluding hydrogens is 368 g/mol. The number of carbonyl (C=O) groups is 2.